The lowest BCUT2D eigenvalue weighted by atomic mass is 10.1. The zero-order chi connectivity index (χ0) is 18.6. The predicted molar refractivity (Wildman–Crippen MR) is 103 cm³/mol. The van der Waals surface area contributed by atoms with E-state index in [9.17, 15) is 4.79 Å². The van der Waals surface area contributed by atoms with Gasteiger partial charge in [0.25, 0.3) is 5.91 Å². The van der Waals surface area contributed by atoms with Gasteiger partial charge in [0.1, 0.15) is 6.33 Å². The molecule has 0 saturated heterocycles. The lowest BCUT2D eigenvalue weighted by molar-refractivity contribution is 0.102. The van der Waals surface area contributed by atoms with Crippen LogP contribution >= 0.6 is 11.3 Å². The molecule has 1 N–H and O–H groups in total. The van der Waals surface area contributed by atoms with Gasteiger partial charge in [0, 0.05) is 23.1 Å². The van der Waals surface area contributed by atoms with Gasteiger partial charge in [-0.05, 0) is 47.2 Å². The molecule has 0 atom stereocenters. The largest absolute Gasteiger partial charge is 0.298 e. The van der Waals surface area contributed by atoms with E-state index in [1.807, 2.05) is 0 Å². The van der Waals surface area contributed by atoms with Crippen molar-refractivity contribution in [1.82, 2.24) is 25.2 Å². The second kappa shape index (κ2) is 7.46. The van der Waals surface area contributed by atoms with Crippen LogP contribution in [0.4, 0.5) is 5.13 Å². The van der Waals surface area contributed by atoms with Crippen LogP contribution in [-0.2, 0) is 6.42 Å². The molecule has 0 bridgehead atoms. The van der Waals surface area contributed by atoms with Gasteiger partial charge in [-0.2, -0.15) is 0 Å². The summed E-state index contributed by atoms with van der Waals surface area (Å²) in [6, 6.07) is 15.4. The summed E-state index contributed by atoms with van der Waals surface area (Å²) < 4.78 is 1.53. The van der Waals surface area contributed by atoms with Gasteiger partial charge >= 0.3 is 0 Å². The first-order valence-electron chi connectivity index (χ1n) is 8.32. The number of anilines is 1. The normalized spacial score (nSPS) is 10.7. The van der Waals surface area contributed by atoms with E-state index >= 15 is 0 Å². The maximum Gasteiger partial charge on any atom is 0.257 e. The molecule has 4 aromatic rings. The summed E-state index contributed by atoms with van der Waals surface area (Å²) in [5, 5.41) is 14.4. The number of amides is 1. The van der Waals surface area contributed by atoms with Gasteiger partial charge in [-0.1, -0.05) is 29.8 Å². The van der Waals surface area contributed by atoms with Crippen LogP contribution in [0.1, 0.15) is 26.4 Å². The van der Waals surface area contributed by atoms with Crippen molar-refractivity contribution in [1.29, 1.82) is 0 Å². The number of hydrogen-bond donors (Lipinski definition) is 1. The highest BCUT2D eigenvalue weighted by atomic mass is 32.1. The number of nitrogens with zero attached hydrogens (tertiary/aromatic N) is 5. The number of aryl methyl sites for hydroxylation is 1. The zero-order valence-electron chi connectivity index (χ0n) is 14.5. The minimum Gasteiger partial charge on any atom is -0.298 e. The van der Waals surface area contributed by atoms with Crippen molar-refractivity contribution in [2.45, 2.75) is 13.3 Å². The van der Waals surface area contributed by atoms with Crippen molar-refractivity contribution in [2.75, 3.05) is 5.32 Å². The Morgan fingerprint density at radius 2 is 1.89 bits per heavy atom. The van der Waals surface area contributed by atoms with E-state index in [-0.39, 0.29) is 5.91 Å². The van der Waals surface area contributed by atoms with Crippen LogP contribution in [0.3, 0.4) is 0 Å². The summed E-state index contributed by atoms with van der Waals surface area (Å²) in [5.41, 5.74) is 3.79. The predicted octanol–water partition coefficient (Wildman–Crippen LogP) is 3.27. The molecule has 0 aliphatic heterocycles. The molecule has 8 heteroatoms. The first-order chi connectivity index (χ1) is 13.2. The number of benzene rings is 2. The Morgan fingerprint density at radius 1 is 1.11 bits per heavy atom. The molecular formula is C19H16N6OS. The van der Waals surface area contributed by atoms with Crippen molar-refractivity contribution < 1.29 is 4.79 Å². The van der Waals surface area contributed by atoms with Crippen LogP contribution in [0.25, 0.3) is 5.69 Å². The summed E-state index contributed by atoms with van der Waals surface area (Å²) >= 11 is 1.48. The Balaban J connectivity index is 1.41. The van der Waals surface area contributed by atoms with E-state index < -0.39 is 0 Å². The molecule has 4 rings (SSSR count). The summed E-state index contributed by atoms with van der Waals surface area (Å²) in [7, 11) is 0. The molecule has 27 heavy (non-hydrogen) atoms. The maximum absolute atomic E-state index is 12.4. The Morgan fingerprint density at radius 3 is 2.59 bits per heavy atom. The Kier molecular flexibility index (Phi) is 4.71. The highest BCUT2D eigenvalue weighted by molar-refractivity contribution is 7.15. The standard InChI is InChI=1S/C19H16N6OS/c1-13-2-4-14(5-3-13)10-17-11-20-19(27-17)22-18(26)15-6-8-16(9-7-15)25-12-21-23-24-25/h2-9,11-12H,10H2,1H3,(H,20,22,26). The van der Waals surface area contributed by atoms with Gasteiger partial charge in [0.2, 0.25) is 0 Å². The second-order valence-corrected chi connectivity index (χ2v) is 7.16. The first kappa shape index (κ1) is 17.0. The van der Waals surface area contributed by atoms with Crippen LogP contribution in [0.2, 0.25) is 0 Å². The molecule has 134 valence electrons. The summed E-state index contributed by atoms with van der Waals surface area (Å²) in [6.45, 7) is 2.07. The number of carbonyl (C=O) groups excluding carboxylic acids is 1. The smallest absolute Gasteiger partial charge is 0.257 e. The molecule has 0 aliphatic rings. The topological polar surface area (TPSA) is 85.6 Å². The van der Waals surface area contributed by atoms with Crippen molar-refractivity contribution in [3.05, 3.63) is 82.6 Å². The monoisotopic (exact) mass is 376 g/mol. The van der Waals surface area contributed by atoms with Crippen LogP contribution in [0.5, 0.6) is 0 Å². The SMILES string of the molecule is Cc1ccc(Cc2cnc(NC(=O)c3ccc(-n4cnnn4)cc3)s2)cc1. The summed E-state index contributed by atoms with van der Waals surface area (Å²) in [6.07, 6.45) is 4.11. The average Bonchev–Trinajstić information content (AvgIpc) is 3.36. The summed E-state index contributed by atoms with van der Waals surface area (Å²) in [4.78, 5) is 17.8. The molecule has 0 spiro atoms. The van der Waals surface area contributed by atoms with Crippen molar-refractivity contribution >= 4 is 22.4 Å². The minimum absolute atomic E-state index is 0.200. The van der Waals surface area contributed by atoms with Crippen molar-refractivity contribution in [3.8, 4) is 5.69 Å². The van der Waals surface area contributed by atoms with Gasteiger partial charge < -0.3 is 0 Å². The van der Waals surface area contributed by atoms with E-state index in [1.54, 1.807) is 30.5 Å². The van der Waals surface area contributed by atoms with Crippen molar-refractivity contribution in [2.24, 2.45) is 0 Å². The van der Waals surface area contributed by atoms with Crippen molar-refractivity contribution in [3.63, 3.8) is 0 Å². The fourth-order valence-corrected chi connectivity index (χ4v) is 3.41. The minimum atomic E-state index is -0.200. The molecule has 0 radical (unpaired) electrons. The molecular weight excluding hydrogens is 360 g/mol. The third-order valence-electron chi connectivity index (χ3n) is 4.02. The lowest BCUT2D eigenvalue weighted by Crippen LogP contribution is -2.11. The van der Waals surface area contributed by atoms with Crippen LogP contribution < -0.4 is 5.32 Å². The second-order valence-electron chi connectivity index (χ2n) is 6.05. The third kappa shape index (κ3) is 4.06. The molecule has 2 heterocycles. The van der Waals surface area contributed by atoms with E-state index in [0.29, 0.717) is 10.7 Å². The van der Waals surface area contributed by atoms with Gasteiger partial charge in [-0.25, -0.2) is 9.67 Å². The van der Waals surface area contributed by atoms with Crippen LogP contribution in [-0.4, -0.2) is 31.1 Å². The third-order valence-corrected chi connectivity index (χ3v) is 4.93. The highest BCUT2D eigenvalue weighted by Crippen LogP contribution is 2.22. The van der Waals surface area contributed by atoms with Gasteiger partial charge in [-0.3, -0.25) is 10.1 Å². The number of rotatable bonds is 5. The lowest BCUT2D eigenvalue weighted by Gasteiger charge is -2.03. The number of tetrazole rings is 1. The van der Waals surface area contributed by atoms with Gasteiger partial charge in [-0.15, -0.1) is 16.4 Å². The zero-order valence-corrected chi connectivity index (χ0v) is 15.3. The number of aromatic nitrogens is 5. The highest BCUT2D eigenvalue weighted by Gasteiger charge is 2.10. The van der Waals surface area contributed by atoms with E-state index in [2.05, 4.69) is 57.0 Å². The Labute approximate surface area is 159 Å². The molecule has 1 amide bonds. The Hall–Kier alpha value is -3.39. The first-order valence-corrected chi connectivity index (χ1v) is 9.14. The molecule has 2 aromatic heterocycles. The van der Waals surface area contributed by atoms with E-state index in [0.717, 1.165) is 17.0 Å². The molecule has 7 nitrogen and oxygen atoms in total. The molecule has 0 unspecified atom stereocenters. The van der Waals surface area contributed by atoms with Gasteiger partial charge in [0.05, 0.1) is 5.69 Å². The number of hydrogen-bond acceptors (Lipinski definition) is 6. The average molecular weight is 376 g/mol. The molecule has 2 aromatic carbocycles. The number of nitrogens with one attached hydrogen (secondary N) is 1. The molecule has 0 fully saturated rings. The summed E-state index contributed by atoms with van der Waals surface area (Å²) in [5.74, 6) is -0.200. The fraction of sp³-hybridized carbons (Fsp3) is 0.105. The van der Waals surface area contributed by atoms with E-state index in [4.69, 9.17) is 0 Å². The fourth-order valence-electron chi connectivity index (χ4n) is 2.57. The van der Waals surface area contributed by atoms with E-state index in [1.165, 1.54) is 33.5 Å². The number of carbonyl (C=O) groups is 1. The van der Waals surface area contributed by atoms with Crippen LogP contribution in [0, 0.1) is 6.92 Å². The number of thiazole rings is 1. The molecule has 0 aliphatic carbocycles. The molecule has 0 saturated carbocycles. The van der Waals surface area contributed by atoms with Crippen LogP contribution in [0.15, 0.2) is 61.1 Å². The Bertz CT molecular complexity index is 1040. The maximum atomic E-state index is 12.4. The van der Waals surface area contributed by atoms with Gasteiger partial charge in [0.15, 0.2) is 5.13 Å². The quantitative estimate of drug-likeness (QED) is 0.578.